The van der Waals surface area contributed by atoms with E-state index in [2.05, 4.69) is 15.4 Å². The van der Waals surface area contributed by atoms with Gasteiger partial charge >= 0.3 is 6.36 Å². The van der Waals surface area contributed by atoms with Crippen LogP contribution in [0.4, 0.5) is 18.9 Å². The number of piperidine rings is 1. The molecule has 2 aliphatic heterocycles. The minimum absolute atomic E-state index is 0.0479. The van der Waals surface area contributed by atoms with Gasteiger partial charge in [-0.3, -0.25) is 4.79 Å². The number of hydrogen-bond acceptors (Lipinski definition) is 3. The molecule has 0 aliphatic carbocycles. The maximum Gasteiger partial charge on any atom is 0.573 e. The zero-order valence-corrected chi connectivity index (χ0v) is 12.5. The summed E-state index contributed by atoms with van der Waals surface area (Å²) in [6.07, 6.45) is -0.268. The van der Waals surface area contributed by atoms with E-state index < -0.39 is 12.1 Å². The number of alkyl halides is 3. The van der Waals surface area contributed by atoms with Crippen molar-refractivity contribution in [2.24, 2.45) is 5.92 Å². The largest absolute Gasteiger partial charge is 0.573 e. The molecule has 1 aromatic carbocycles. The van der Waals surface area contributed by atoms with E-state index in [-0.39, 0.29) is 17.5 Å². The molecule has 2 N–H and O–H groups in total. The molecule has 2 heterocycles. The quantitative estimate of drug-likeness (QED) is 0.890. The number of carbonyl (C=O) groups excluding carboxylic acids is 1. The molecule has 4 nitrogen and oxygen atoms in total. The fraction of sp³-hybridized carbons (Fsp3) is 0.562. The maximum atomic E-state index is 12.4. The molecule has 2 bridgehead atoms. The molecule has 0 radical (unpaired) electrons. The predicted octanol–water partition coefficient (Wildman–Crippen LogP) is 3.44. The van der Waals surface area contributed by atoms with Crippen LogP contribution in [0.3, 0.4) is 0 Å². The Labute approximate surface area is 132 Å². The lowest BCUT2D eigenvalue weighted by Gasteiger charge is -2.28. The van der Waals surface area contributed by atoms with Crippen LogP contribution in [0.15, 0.2) is 24.3 Å². The molecule has 2 saturated heterocycles. The van der Waals surface area contributed by atoms with E-state index in [1.807, 2.05) is 0 Å². The highest BCUT2D eigenvalue weighted by atomic mass is 19.4. The summed E-state index contributed by atoms with van der Waals surface area (Å²) in [5, 5.41) is 6.05. The van der Waals surface area contributed by atoms with Gasteiger partial charge in [-0.25, -0.2) is 0 Å². The van der Waals surface area contributed by atoms with Crippen molar-refractivity contribution in [3.63, 3.8) is 0 Å². The molecule has 1 amide bonds. The molecule has 126 valence electrons. The average molecular weight is 328 g/mol. The van der Waals surface area contributed by atoms with Gasteiger partial charge in [-0.05, 0) is 43.7 Å². The van der Waals surface area contributed by atoms with Crippen molar-refractivity contribution in [2.45, 2.75) is 50.6 Å². The summed E-state index contributed by atoms with van der Waals surface area (Å²) in [5.41, 5.74) is 0.0479. The average Bonchev–Trinajstić information content (AvgIpc) is 2.78. The van der Waals surface area contributed by atoms with Gasteiger partial charge < -0.3 is 15.4 Å². The second-order valence-corrected chi connectivity index (χ2v) is 6.27. The van der Waals surface area contributed by atoms with E-state index in [0.717, 1.165) is 25.7 Å². The topological polar surface area (TPSA) is 50.4 Å². The van der Waals surface area contributed by atoms with Crippen LogP contribution in [0, 0.1) is 5.92 Å². The molecule has 23 heavy (non-hydrogen) atoms. The molecule has 2 unspecified atom stereocenters. The zero-order valence-electron chi connectivity index (χ0n) is 12.5. The Bertz CT molecular complexity index is 565. The van der Waals surface area contributed by atoms with Gasteiger partial charge in [0.15, 0.2) is 5.75 Å². The number of carbonyl (C=O) groups is 1. The monoisotopic (exact) mass is 328 g/mol. The Morgan fingerprint density at radius 2 is 1.87 bits per heavy atom. The molecule has 2 aliphatic rings. The third kappa shape index (κ3) is 4.37. The van der Waals surface area contributed by atoms with Crippen LogP contribution in [-0.4, -0.2) is 24.4 Å². The SMILES string of the molecule is O=C(CC1CC2CCC(C1)N2)Nc1ccccc1OC(F)(F)F. The number of amides is 1. The van der Waals surface area contributed by atoms with Gasteiger partial charge in [0.05, 0.1) is 5.69 Å². The molecule has 2 atom stereocenters. The molecule has 0 saturated carbocycles. The highest BCUT2D eigenvalue weighted by Gasteiger charge is 2.35. The van der Waals surface area contributed by atoms with Crippen molar-refractivity contribution in [1.82, 2.24) is 5.32 Å². The summed E-state index contributed by atoms with van der Waals surface area (Å²) in [5.74, 6) is -0.377. The van der Waals surface area contributed by atoms with Crippen molar-refractivity contribution >= 4 is 11.6 Å². The molecular formula is C16H19F3N2O2. The highest BCUT2D eigenvalue weighted by Crippen LogP contribution is 2.34. The molecule has 7 heteroatoms. The Hall–Kier alpha value is -1.76. The summed E-state index contributed by atoms with van der Waals surface area (Å²) < 4.78 is 41.1. The third-order valence-corrected chi connectivity index (χ3v) is 4.43. The normalized spacial score (nSPS) is 26.8. The summed E-state index contributed by atoms with van der Waals surface area (Å²) in [6, 6.07) is 6.55. The molecular weight excluding hydrogens is 309 g/mol. The van der Waals surface area contributed by atoms with E-state index in [1.54, 1.807) is 6.07 Å². The number of fused-ring (bicyclic) bond motifs is 2. The molecule has 0 aromatic heterocycles. The lowest BCUT2D eigenvalue weighted by molar-refractivity contribution is -0.274. The fourth-order valence-corrected chi connectivity index (χ4v) is 3.59. The molecule has 1 aromatic rings. The summed E-state index contributed by atoms with van der Waals surface area (Å²) in [7, 11) is 0. The first-order valence-electron chi connectivity index (χ1n) is 7.80. The van der Waals surface area contributed by atoms with Gasteiger partial charge in [0.1, 0.15) is 0 Å². The first kappa shape index (κ1) is 16.1. The van der Waals surface area contributed by atoms with E-state index in [4.69, 9.17) is 0 Å². The number of anilines is 1. The van der Waals surface area contributed by atoms with Crippen LogP contribution >= 0.6 is 0 Å². The van der Waals surface area contributed by atoms with Crippen molar-refractivity contribution in [3.8, 4) is 5.75 Å². The van der Waals surface area contributed by atoms with Crippen LogP contribution < -0.4 is 15.4 Å². The summed E-state index contributed by atoms with van der Waals surface area (Å²) in [4.78, 5) is 12.2. The second-order valence-electron chi connectivity index (χ2n) is 6.27. The molecule has 0 spiro atoms. The van der Waals surface area contributed by atoms with Gasteiger partial charge in [-0.2, -0.15) is 0 Å². The Balaban J connectivity index is 1.59. The van der Waals surface area contributed by atoms with Gasteiger partial charge in [-0.15, -0.1) is 13.2 Å². The lowest BCUT2D eigenvalue weighted by atomic mass is 9.89. The lowest BCUT2D eigenvalue weighted by Crippen LogP contribution is -2.39. The van der Waals surface area contributed by atoms with Crippen LogP contribution in [0.1, 0.15) is 32.1 Å². The number of nitrogens with one attached hydrogen (secondary N) is 2. The van der Waals surface area contributed by atoms with Crippen LogP contribution in [0.5, 0.6) is 5.75 Å². The third-order valence-electron chi connectivity index (χ3n) is 4.43. The number of benzene rings is 1. The molecule has 3 rings (SSSR count). The van der Waals surface area contributed by atoms with Crippen molar-refractivity contribution in [2.75, 3.05) is 5.32 Å². The predicted molar refractivity (Wildman–Crippen MR) is 79.0 cm³/mol. The van der Waals surface area contributed by atoms with E-state index >= 15 is 0 Å². The van der Waals surface area contributed by atoms with Crippen LogP contribution in [0.2, 0.25) is 0 Å². The van der Waals surface area contributed by atoms with E-state index in [9.17, 15) is 18.0 Å². The van der Waals surface area contributed by atoms with E-state index in [0.29, 0.717) is 18.5 Å². The first-order chi connectivity index (χ1) is 10.9. The Morgan fingerprint density at radius 1 is 1.22 bits per heavy atom. The van der Waals surface area contributed by atoms with Gasteiger partial charge in [0.25, 0.3) is 0 Å². The number of para-hydroxylation sites is 2. The zero-order chi connectivity index (χ0) is 16.4. The first-order valence-corrected chi connectivity index (χ1v) is 7.80. The highest BCUT2D eigenvalue weighted by molar-refractivity contribution is 5.92. The van der Waals surface area contributed by atoms with Gasteiger partial charge in [0, 0.05) is 18.5 Å². The number of ether oxygens (including phenoxy) is 1. The summed E-state index contributed by atoms with van der Waals surface area (Å²) >= 11 is 0. The van der Waals surface area contributed by atoms with Crippen molar-refractivity contribution < 1.29 is 22.7 Å². The number of hydrogen-bond donors (Lipinski definition) is 2. The fourth-order valence-electron chi connectivity index (χ4n) is 3.59. The minimum atomic E-state index is -4.78. The van der Waals surface area contributed by atoms with Gasteiger partial charge in [-0.1, -0.05) is 12.1 Å². The van der Waals surface area contributed by atoms with Crippen LogP contribution in [-0.2, 0) is 4.79 Å². The number of halogens is 3. The second kappa shape index (κ2) is 6.39. The summed E-state index contributed by atoms with van der Waals surface area (Å²) in [6.45, 7) is 0. The minimum Gasteiger partial charge on any atom is -0.404 e. The Morgan fingerprint density at radius 3 is 2.52 bits per heavy atom. The Kier molecular flexibility index (Phi) is 4.48. The van der Waals surface area contributed by atoms with E-state index in [1.165, 1.54) is 18.2 Å². The smallest absolute Gasteiger partial charge is 0.404 e. The van der Waals surface area contributed by atoms with Crippen molar-refractivity contribution in [1.29, 1.82) is 0 Å². The van der Waals surface area contributed by atoms with Crippen LogP contribution in [0.25, 0.3) is 0 Å². The van der Waals surface area contributed by atoms with Gasteiger partial charge in [0.2, 0.25) is 5.91 Å². The standard InChI is InChI=1S/C16H19F3N2O2/c17-16(18,19)23-14-4-2-1-3-13(14)21-15(22)9-10-7-11-5-6-12(8-10)20-11/h1-4,10-12,20H,5-9H2,(H,21,22). The maximum absolute atomic E-state index is 12.4. The van der Waals surface area contributed by atoms with Crippen molar-refractivity contribution in [3.05, 3.63) is 24.3 Å². The molecule has 2 fully saturated rings. The number of rotatable bonds is 4.